The van der Waals surface area contributed by atoms with Crippen LogP contribution in [-0.2, 0) is 6.54 Å². The number of aromatic nitrogens is 2. The monoisotopic (exact) mass is 261 g/mol. The largest absolute Gasteiger partial charge is 0.478 e. The van der Waals surface area contributed by atoms with Crippen molar-refractivity contribution in [1.29, 1.82) is 0 Å². The second kappa shape index (κ2) is 6.13. The fraction of sp³-hybridized carbons (Fsp3) is 0.286. The van der Waals surface area contributed by atoms with Crippen LogP contribution in [-0.4, -0.2) is 16.6 Å². The Morgan fingerprint density at radius 2 is 1.95 bits per heavy atom. The number of ether oxygens (including phenoxy) is 1. The number of benzene rings is 1. The first-order valence-corrected chi connectivity index (χ1v) is 6.14. The van der Waals surface area contributed by atoms with Gasteiger partial charge in [-0.2, -0.15) is 4.98 Å². The second-order valence-corrected chi connectivity index (χ2v) is 4.05. The molecular formula is C14H16FN3O. The van der Waals surface area contributed by atoms with Crippen LogP contribution in [0.3, 0.4) is 0 Å². The van der Waals surface area contributed by atoms with Gasteiger partial charge in [0, 0.05) is 12.6 Å². The molecule has 0 aliphatic carbocycles. The zero-order chi connectivity index (χ0) is 13.7. The highest BCUT2D eigenvalue weighted by molar-refractivity contribution is 5.39. The third-order valence-corrected chi connectivity index (χ3v) is 2.49. The smallest absolute Gasteiger partial charge is 0.218 e. The van der Waals surface area contributed by atoms with Gasteiger partial charge in [-0.15, -0.1) is 0 Å². The number of aryl methyl sites for hydroxylation is 1. The summed E-state index contributed by atoms with van der Waals surface area (Å²) >= 11 is 0. The lowest BCUT2D eigenvalue weighted by atomic mass is 10.2. The minimum atomic E-state index is -0.236. The van der Waals surface area contributed by atoms with E-state index >= 15 is 0 Å². The zero-order valence-corrected chi connectivity index (χ0v) is 11.0. The van der Waals surface area contributed by atoms with Gasteiger partial charge in [0.05, 0.1) is 6.61 Å². The van der Waals surface area contributed by atoms with Crippen LogP contribution in [0.1, 0.15) is 18.3 Å². The molecule has 1 N–H and O–H groups in total. The number of nitrogens with one attached hydrogen (secondary N) is 1. The first-order chi connectivity index (χ1) is 9.17. The number of halogens is 1. The molecule has 2 aromatic rings. The van der Waals surface area contributed by atoms with Gasteiger partial charge in [-0.3, -0.25) is 0 Å². The van der Waals surface area contributed by atoms with Gasteiger partial charge in [0.2, 0.25) is 5.88 Å². The third-order valence-electron chi connectivity index (χ3n) is 2.49. The molecule has 0 unspecified atom stereocenters. The summed E-state index contributed by atoms with van der Waals surface area (Å²) in [7, 11) is 0. The van der Waals surface area contributed by atoms with E-state index in [1.54, 1.807) is 18.2 Å². The second-order valence-electron chi connectivity index (χ2n) is 4.05. The molecule has 4 nitrogen and oxygen atoms in total. The fourth-order valence-corrected chi connectivity index (χ4v) is 1.65. The molecule has 0 aliphatic heterocycles. The molecule has 0 atom stereocenters. The van der Waals surface area contributed by atoms with Crippen molar-refractivity contribution < 1.29 is 9.13 Å². The maximum Gasteiger partial charge on any atom is 0.218 e. The van der Waals surface area contributed by atoms with E-state index in [1.165, 1.54) is 12.1 Å². The normalized spacial score (nSPS) is 10.3. The van der Waals surface area contributed by atoms with Gasteiger partial charge in [-0.25, -0.2) is 9.37 Å². The molecular weight excluding hydrogens is 245 g/mol. The van der Waals surface area contributed by atoms with E-state index < -0.39 is 0 Å². The molecule has 0 saturated heterocycles. The van der Waals surface area contributed by atoms with Crippen LogP contribution in [0.25, 0.3) is 0 Å². The van der Waals surface area contributed by atoms with E-state index in [0.29, 0.717) is 30.7 Å². The average molecular weight is 261 g/mol. The highest BCUT2D eigenvalue weighted by Crippen LogP contribution is 2.14. The van der Waals surface area contributed by atoms with Crippen molar-refractivity contribution in [2.45, 2.75) is 20.4 Å². The molecule has 0 aliphatic rings. The maximum atomic E-state index is 12.8. The molecule has 0 amide bonds. The molecule has 19 heavy (non-hydrogen) atoms. The highest BCUT2D eigenvalue weighted by atomic mass is 19.1. The van der Waals surface area contributed by atoms with Crippen LogP contribution in [0, 0.1) is 12.7 Å². The Labute approximate surface area is 111 Å². The summed E-state index contributed by atoms with van der Waals surface area (Å²) in [5.74, 6) is 1.66. The fourth-order valence-electron chi connectivity index (χ4n) is 1.65. The lowest BCUT2D eigenvalue weighted by molar-refractivity contribution is 0.325. The van der Waals surface area contributed by atoms with E-state index in [-0.39, 0.29) is 5.82 Å². The summed E-state index contributed by atoms with van der Waals surface area (Å²) in [4.78, 5) is 8.44. The number of hydrogen-bond acceptors (Lipinski definition) is 4. The molecule has 0 radical (unpaired) electrons. The summed E-state index contributed by atoms with van der Waals surface area (Å²) < 4.78 is 18.1. The van der Waals surface area contributed by atoms with Crippen LogP contribution < -0.4 is 10.1 Å². The number of rotatable bonds is 5. The van der Waals surface area contributed by atoms with E-state index in [4.69, 9.17) is 4.74 Å². The Bertz CT molecular complexity index is 543. The number of nitrogens with zero attached hydrogens (tertiary/aromatic N) is 2. The van der Waals surface area contributed by atoms with E-state index in [2.05, 4.69) is 15.3 Å². The molecule has 0 saturated carbocycles. The van der Waals surface area contributed by atoms with Gasteiger partial charge < -0.3 is 10.1 Å². The van der Waals surface area contributed by atoms with Gasteiger partial charge in [-0.05, 0) is 31.5 Å². The minimum Gasteiger partial charge on any atom is -0.478 e. The number of hydrogen-bond donors (Lipinski definition) is 1. The summed E-state index contributed by atoms with van der Waals surface area (Å²) in [5, 5.41) is 3.17. The van der Waals surface area contributed by atoms with Crippen molar-refractivity contribution in [3.8, 4) is 5.88 Å². The Kier molecular flexibility index (Phi) is 4.28. The first-order valence-electron chi connectivity index (χ1n) is 6.14. The SMILES string of the molecule is CCOc1cc(NCc2ccc(F)cc2)nc(C)n1. The summed E-state index contributed by atoms with van der Waals surface area (Å²) in [5.41, 5.74) is 0.982. The Morgan fingerprint density at radius 1 is 1.21 bits per heavy atom. The lowest BCUT2D eigenvalue weighted by Gasteiger charge is -2.08. The molecule has 0 bridgehead atoms. The van der Waals surface area contributed by atoms with Crippen molar-refractivity contribution in [2.24, 2.45) is 0 Å². The molecule has 5 heteroatoms. The van der Waals surface area contributed by atoms with Crippen molar-refractivity contribution in [3.05, 3.63) is 47.5 Å². The topological polar surface area (TPSA) is 47.0 Å². The molecule has 100 valence electrons. The zero-order valence-electron chi connectivity index (χ0n) is 11.0. The summed E-state index contributed by atoms with van der Waals surface area (Å²) in [6, 6.07) is 8.10. The molecule has 1 heterocycles. The quantitative estimate of drug-likeness (QED) is 0.899. The minimum absolute atomic E-state index is 0.236. The Balaban J connectivity index is 2.04. The van der Waals surface area contributed by atoms with Gasteiger partial charge in [0.1, 0.15) is 17.5 Å². The van der Waals surface area contributed by atoms with Gasteiger partial charge in [-0.1, -0.05) is 12.1 Å². The van der Waals surface area contributed by atoms with Crippen LogP contribution in [0.2, 0.25) is 0 Å². The standard InChI is InChI=1S/C14H16FN3O/c1-3-19-14-8-13(17-10(2)18-14)16-9-11-4-6-12(15)7-5-11/h4-8H,3,9H2,1-2H3,(H,16,17,18). The van der Waals surface area contributed by atoms with Crippen molar-refractivity contribution in [3.63, 3.8) is 0 Å². The van der Waals surface area contributed by atoms with E-state index in [9.17, 15) is 4.39 Å². The van der Waals surface area contributed by atoms with E-state index in [1.807, 2.05) is 13.8 Å². The van der Waals surface area contributed by atoms with Crippen LogP contribution in [0.4, 0.5) is 10.2 Å². The first kappa shape index (κ1) is 13.3. The highest BCUT2D eigenvalue weighted by Gasteiger charge is 2.02. The lowest BCUT2D eigenvalue weighted by Crippen LogP contribution is -2.05. The van der Waals surface area contributed by atoms with Crippen molar-refractivity contribution >= 4 is 5.82 Å². The van der Waals surface area contributed by atoms with Gasteiger partial charge >= 0.3 is 0 Å². The molecule has 0 spiro atoms. The van der Waals surface area contributed by atoms with Crippen LogP contribution in [0.15, 0.2) is 30.3 Å². The molecule has 2 rings (SSSR count). The summed E-state index contributed by atoms with van der Waals surface area (Å²) in [6.45, 7) is 4.85. The number of anilines is 1. The molecule has 1 aromatic carbocycles. The van der Waals surface area contributed by atoms with Crippen molar-refractivity contribution in [1.82, 2.24) is 9.97 Å². The Hall–Kier alpha value is -2.17. The van der Waals surface area contributed by atoms with Crippen LogP contribution in [0.5, 0.6) is 5.88 Å². The van der Waals surface area contributed by atoms with Gasteiger partial charge in [0.25, 0.3) is 0 Å². The van der Waals surface area contributed by atoms with E-state index in [0.717, 1.165) is 5.56 Å². The molecule has 1 aromatic heterocycles. The maximum absolute atomic E-state index is 12.8. The average Bonchev–Trinajstić information content (AvgIpc) is 2.38. The predicted molar refractivity (Wildman–Crippen MR) is 71.7 cm³/mol. The third kappa shape index (κ3) is 3.91. The van der Waals surface area contributed by atoms with Crippen LogP contribution >= 0.6 is 0 Å². The molecule has 0 fully saturated rings. The predicted octanol–water partition coefficient (Wildman–Crippen LogP) is 2.93. The van der Waals surface area contributed by atoms with Crippen molar-refractivity contribution in [2.75, 3.05) is 11.9 Å². The Morgan fingerprint density at radius 3 is 2.63 bits per heavy atom. The van der Waals surface area contributed by atoms with Gasteiger partial charge in [0.15, 0.2) is 0 Å². The summed E-state index contributed by atoms with van der Waals surface area (Å²) in [6.07, 6.45) is 0.